The third-order valence-corrected chi connectivity index (χ3v) is 4.95. The molecule has 0 amide bonds. The predicted octanol–water partition coefficient (Wildman–Crippen LogP) is 4.80. The van der Waals surface area contributed by atoms with Crippen LogP contribution in [0.25, 0.3) is 10.9 Å². The van der Waals surface area contributed by atoms with E-state index in [0.717, 1.165) is 12.1 Å². The zero-order chi connectivity index (χ0) is 24.4. The van der Waals surface area contributed by atoms with Crippen LogP contribution in [0.5, 0.6) is 5.75 Å². The van der Waals surface area contributed by atoms with E-state index in [0.29, 0.717) is 22.2 Å². The van der Waals surface area contributed by atoms with Crippen molar-refractivity contribution < 1.29 is 31.2 Å². The summed E-state index contributed by atoms with van der Waals surface area (Å²) >= 11 is 0. The number of anilines is 3. The van der Waals surface area contributed by atoms with Crippen LogP contribution >= 0.6 is 0 Å². The first-order chi connectivity index (χ1) is 15.4. The SMILES string of the molecule is C=S(C)(=O)Nc1cc(C)c2c(Nc3ccc(F)cc3OC(OCC)C(F)(F)F)ncnc2c1. The molecular formula is C21H22F4N4O3S. The van der Waals surface area contributed by atoms with Gasteiger partial charge < -0.3 is 19.5 Å². The van der Waals surface area contributed by atoms with Crippen LogP contribution in [0, 0.1) is 12.7 Å². The smallest absolute Gasteiger partial charge is 0.452 e. The molecule has 2 atom stereocenters. The monoisotopic (exact) mass is 486 g/mol. The van der Waals surface area contributed by atoms with Gasteiger partial charge >= 0.3 is 6.18 Å². The van der Waals surface area contributed by atoms with Crippen molar-refractivity contribution in [2.24, 2.45) is 0 Å². The lowest BCUT2D eigenvalue weighted by Gasteiger charge is -2.23. The van der Waals surface area contributed by atoms with E-state index in [4.69, 9.17) is 4.74 Å². The van der Waals surface area contributed by atoms with Gasteiger partial charge in [0, 0.05) is 39.7 Å². The molecule has 0 aliphatic rings. The van der Waals surface area contributed by atoms with Crippen LogP contribution in [0.2, 0.25) is 0 Å². The molecule has 7 nitrogen and oxygen atoms in total. The number of halogens is 4. The fourth-order valence-electron chi connectivity index (χ4n) is 3.08. The molecule has 1 aromatic heterocycles. The van der Waals surface area contributed by atoms with Gasteiger partial charge in [-0.05, 0) is 49.5 Å². The van der Waals surface area contributed by atoms with Gasteiger partial charge in [-0.3, -0.25) is 0 Å². The van der Waals surface area contributed by atoms with E-state index in [9.17, 15) is 21.8 Å². The molecule has 2 aromatic carbocycles. The third kappa shape index (κ3) is 6.23. The molecule has 33 heavy (non-hydrogen) atoms. The summed E-state index contributed by atoms with van der Waals surface area (Å²) in [6.07, 6.45) is -4.70. The summed E-state index contributed by atoms with van der Waals surface area (Å²) in [6, 6.07) is 6.48. The molecule has 0 fully saturated rings. The lowest BCUT2D eigenvalue weighted by molar-refractivity contribution is -0.281. The first-order valence-electron chi connectivity index (χ1n) is 9.64. The Labute approximate surface area is 188 Å². The fraction of sp³-hybridized carbons (Fsp3) is 0.286. The number of aromatic nitrogens is 2. The molecular weight excluding hydrogens is 464 g/mol. The minimum absolute atomic E-state index is 0.0429. The highest BCUT2D eigenvalue weighted by Gasteiger charge is 2.43. The van der Waals surface area contributed by atoms with Gasteiger partial charge in [0.15, 0.2) is 0 Å². The van der Waals surface area contributed by atoms with Gasteiger partial charge in [0.2, 0.25) is 0 Å². The summed E-state index contributed by atoms with van der Waals surface area (Å²) in [5, 5.41) is 3.45. The highest BCUT2D eigenvalue weighted by molar-refractivity contribution is 8.00. The first-order valence-corrected chi connectivity index (χ1v) is 11.8. The summed E-state index contributed by atoms with van der Waals surface area (Å²) in [5.41, 5.74) is 1.74. The second kappa shape index (κ2) is 9.40. The third-order valence-electron chi connectivity index (χ3n) is 4.28. The van der Waals surface area contributed by atoms with Crippen molar-refractivity contribution in [2.45, 2.75) is 26.3 Å². The number of benzene rings is 2. The number of aryl methyl sites for hydroxylation is 1. The second-order valence-electron chi connectivity index (χ2n) is 7.23. The maximum absolute atomic E-state index is 13.8. The number of hydrogen-bond acceptors (Lipinski definition) is 6. The fourth-order valence-corrected chi connectivity index (χ4v) is 3.70. The molecule has 178 valence electrons. The lowest BCUT2D eigenvalue weighted by Crippen LogP contribution is -2.37. The Hall–Kier alpha value is -3.12. The maximum Gasteiger partial charge on any atom is 0.452 e. The van der Waals surface area contributed by atoms with E-state index >= 15 is 0 Å². The van der Waals surface area contributed by atoms with E-state index in [1.807, 2.05) is 0 Å². The number of hydrogen-bond donors (Lipinski definition) is 2. The summed E-state index contributed by atoms with van der Waals surface area (Å²) in [6.45, 7) is 2.89. The highest BCUT2D eigenvalue weighted by Crippen LogP contribution is 2.35. The van der Waals surface area contributed by atoms with Crippen molar-refractivity contribution in [3.05, 3.63) is 48.0 Å². The van der Waals surface area contributed by atoms with Crippen molar-refractivity contribution in [3.63, 3.8) is 0 Å². The van der Waals surface area contributed by atoms with Crippen LogP contribution in [0.15, 0.2) is 36.7 Å². The van der Waals surface area contributed by atoms with Crippen molar-refractivity contribution in [2.75, 3.05) is 22.9 Å². The largest absolute Gasteiger partial charge is 0.453 e. The van der Waals surface area contributed by atoms with Gasteiger partial charge in [-0.15, -0.1) is 0 Å². The molecule has 3 aromatic rings. The maximum atomic E-state index is 13.8. The van der Waals surface area contributed by atoms with Gasteiger partial charge in [0.1, 0.15) is 23.7 Å². The molecule has 0 bridgehead atoms. The number of nitrogens with one attached hydrogen (secondary N) is 2. The minimum Gasteiger partial charge on any atom is -0.453 e. The normalized spacial score (nSPS) is 14.5. The zero-order valence-electron chi connectivity index (χ0n) is 18.0. The Kier molecular flexibility index (Phi) is 6.98. The Balaban J connectivity index is 2.02. The van der Waals surface area contributed by atoms with Gasteiger partial charge in [-0.25, -0.2) is 18.6 Å². The summed E-state index contributed by atoms with van der Waals surface area (Å²) in [5.74, 6) is 2.62. The molecule has 0 aliphatic carbocycles. The van der Waals surface area contributed by atoms with Crippen LogP contribution in [-0.2, 0) is 14.4 Å². The molecule has 12 heteroatoms. The molecule has 2 N–H and O–H groups in total. The average molecular weight is 486 g/mol. The second-order valence-corrected chi connectivity index (χ2v) is 9.44. The first kappa shape index (κ1) is 24.5. The number of alkyl halides is 3. The summed E-state index contributed by atoms with van der Waals surface area (Å²) in [7, 11) is -2.52. The molecule has 1 heterocycles. The van der Waals surface area contributed by atoms with Crippen molar-refractivity contribution in [1.29, 1.82) is 0 Å². The molecule has 3 rings (SSSR count). The van der Waals surface area contributed by atoms with Crippen LogP contribution in [0.1, 0.15) is 12.5 Å². The number of ether oxygens (including phenoxy) is 2. The topological polar surface area (TPSA) is 85.4 Å². The number of nitrogens with zero attached hydrogens (tertiary/aromatic N) is 2. The molecule has 0 radical (unpaired) electrons. The van der Waals surface area contributed by atoms with Crippen LogP contribution in [-0.4, -0.2) is 45.4 Å². The van der Waals surface area contributed by atoms with Gasteiger partial charge in [-0.1, -0.05) is 0 Å². The molecule has 0 saturated carbocycles. The molecule has 0 aliphatic heterocycles. The number of fused-ring (bicyclic) bond motifs is 1. The standard InChI is InChI=1S/C21H22F4N4O3S/c1-5-31-20(21(23,24)25)32-17-9-13(22)6-7-15(17)28-19-18-12(2)8-14(29-33(3,4)30)10-16(18)26-11-27-19/h6-11,20H,3,5H2,1-2,4H3,(H,29,30)(H,26,27,28). The van der Waals surface area contributed by atoms with E-state index in [2.05, 4.69) is 30.6 Å². The zero-order valence-corrected chi connectivity index (χ0v) is 18.8. The Bertz CT molecular complexity index is 1270. The molecule has 2 unspecified atom stereocenters. The van der Waals surface area contributed by atoms with Crippen molar-refractivity contribution in [1.82, 2.24) is 9.97 Å². The van der Waals surface area contributed by atoms with Crippen molar-refractivity contribution in [3.8, 4) is 5.75 Å². The summed E-state index contributed by atoms with van der Waals surface area (Å²) in [4.78, 5) is 8.39. The van der Waals surface area contributed by atoms with E-state index in [1.54, 1.807) is 19.1 Å². The average Bonchev–Trinajstić information content (AvgIpc) is 2.67. The minimum atomic E-state index is -4.83. The van der Waals surface area contributed by atoms with Gasteiger partial charge in [0.25, 0.3) is 6.29 Å². The molecule has 0 spiro atoms. The predicted molar refractivity (Wildman–Crippen MR) is 121 cm³/mol. The van der Waals surface area contributed by atoms with Crippen LogP contribution < -0.4 is 14.8 Å². The van der Waals surface area contributed by atoms with E-state index in [-0.39, 0.29) is 18.1 Å². The van der Waals surface area contributed by atoms with Gasteiger partial charge in [0.05, 0.1) is 11.2 Å². The van der Waals surface area contributed by atoms with Crippen LogP contribution in [0.3, 0.4) is 0 Å². The van der Waals surface area contributed by atoms with Gasteiger partial charge in [-0.2, -0.15) is 13.2 Å². The number of rotatable bonds is 8. The highest BCUT2D eigenvalue weighted by atomic mass is 32.2. The quantitative estimate of drug-likeness (QED) is 0.270. The summed E-state index contributed by atoms with van der Waals surface area (Å²) < 4.78 is 78.0. The Morgan fingerprint density at radius 2 is 1.94 bits per heavy atom. The Morgan fingerprint density at radius 3 is 2.58 bits per heavy atom. The van der Waals surface area contributed by atoms with Crippen LogP contribution in [0.4, 0.5) is 34.8 Å². The van der Waals surface area contributed by atoms with E-state index < -0.39 is 33.7 Å². The Morgan fingerprint density at radius 1 is 1.21 bits per heavy atom. The van der Waals surface area contributed by atoms with E-state index in [1.165, 1.54) is 25.6 Å². The lowest BCUT2D eigenvalue weighted by atomic mass is 10.1. The molecule has 0 saturated heterocycles. The van der Waals surface area contributed by atoms with Crippen molar-refractivity contribution >= 4 is 43.7 Å².